The summed E-state index contributed by atoms with van der Waals surface area (Å²) in [5.74, 6) is 1.29. The molecule has 1 atom stereocenters. The third kappa shape index (κ3) is 3.74. The van der Waals surface area contributed by atoms with E-state index >= 15 is 0 Å². The Morgan fingerprint density at radius 1 is 1.32 bits per heavy atom. The summed E-state index contributed by atoms with van der Waals surface area (Å²) in [6.07, 6.45) is 3.88. The van der Waals surface area contributed by atoms with E-state index in [0.717, 1.165) is 31.0 Å². The van der Waals surface area contributed by atoms with Gasteiger partial charge in [-0.15, -0.1) is 12.4 Å². The number of hydrogen-bond acceptors (Lipinski definition) is 5. The molecular formula is C16H21ClN4O. The average molecular weight is 321 g/mol. The van der Waals surface area contributed by atoms with Gasteiger partial charge in [0.2, 0.25) is 0 Å². The minimum absolute atomic E-state index is 0. The molecule has 1 aliphatic heterocycles. The largest absolute Gasteiger partial charge is 0.335 e. The van der Waals surface area contributed by atoms with Crippen molar-refractivity contribution < 1.29 is 4.52 Å². The number of piperazine rings is 1. The SMILES string of the molecule is Cc1ccccc1/C=C/c1nc(C2CNCCN2C)no1.Cl. The van der Waals surface area contributed by atoms with Crippen LogP contribution in [0.2, 0.25) is 0 Å². The fraction of sp³-hybridized carbons (Fsp3) is 0.375. The number of hydrogen-bond donors (Lipinski definition) is 1. The summed E-state index contributed by atoms with van der Waals surface area (Å²) >= 11 is 0. The number of aryl methyl sites for hydroxylation is 1. The van der Waals surface area contributed by atoms with Crippen molar-refractivity contribution in [2.45, 2.75) is 13.0 Å². The number of halogens is 1. The van der Waals surface area contributed by atoms with Crippen LogP contribution < -0.4 is 5.32 Å². The van der Waals surface area contributed by atoms with Crippen LogP contribution in [0.3, 0.4) is 0 Å². The predicted molar refractivity (Wildman–Crippen MR) is 89.9 cm³/mol. The quantitative estimate of drug-likeness (QED) is 0.942. The Morgan fingerprint density at radius 3 is 2.91 bits per heavy atom. The van der Waals surface area contributed by atoms with Gasteiger partial charge in [0.25, 0.3) is 5.89 Å². The molecule has 1 aromatic heterocycles. The van der Waals surface area contributed by atoms with Crippen molar-refractivity contribution in [3.05, 3.63) is 47.1 Å². The molecule has 0 saturated carbocycles. The molecule has 1 N–H and O–H groups in total. The number of likely N-dealkylation sites (N-methyl/N-ethyl adjacent to an activating group) is 1. The molecule has 2 heterocycles. The predicted octanol–water partition coefficient (Wildman–Crippen LogP) is 2.55. The zero-order valence-electron chi connectivity index (χ0n) is 12.8. The third-order valence-electron chi connectivity index (χ3n) is 3.86. The van der Waals surface area contributed by atoms with Crippen molar-refractivity contribution in [2.75, 3.05) is 26.7 Å². The van der Waals surface area contributed by atoms with Gasteiger partial charge in [0, 0.05) is 25.7 Å². The molecule has 1 saturated heterocycles. The Kier molecular flexibility index (Phi) is 5.71. The van der Waals surface area contributed by atoms with Gasteiger partial charge in [-0.2, -0.15) is 4.98 Å². The summed E-state index contributed by atoms with van der Waals surface area (Å²) in [5, 5.41) is 7.46. The van der Waals surface area contributed by atoms with Gasteiger partial charge in [-0.05, 0) is 31.2 Å². The Hall–Kier alpha value is -1.69. The van der Waals surface area contributed by atoms with E-state index < -0.39 is 0 Å². The van der Waals surface area contributed by atoms with E-state index in [0.29, 0.717) is 5.89 Å². The molecule has 0 aliphatic carbocycles. The average Bonchev–Trinajstić information content (AvgIpc) is 2.96. The summed E-state index contributed by atoms with van der Waals surface area (Å²) in [6.45, 7) is 4.94. The van der Waals surface area contributed by atoms with Crippen LogP contribution in [0.25, 0.3) is 12.2 Å². The molecule has 1 aromatic carbocycles. The van der Waals surface area contributed by atoms with Crippen LogP contribution in [0.5, 0.6) is 0 Å². The lowest BCUT2D eigenvalue weighted by Gasteiger charge is -2.30. The smallest absolute Gasteiger partial charge is 0.250 e. The number of aromatic nitrogens is 2. The summed E-state index contributed by atoms with van der Waals surface area (Å²) in [7, 11) is 2.09. The van der Waals surface area contributed by atoms with Crippen molar-refractivity contribution >= 4 is 24.6 Å². The lowest BCUT2D eigenvalue weighted by molar-refractivity contribution is 0.190. The highest BCUT2D eigenvalue weighted by atomic mass is 35.5. The van der Waals surface area contributed by atoms with Gasteiger partial charge in [-0.1, -0.05) is 29.4 Å². The fourth-order valence-electron chi connectivity index (χ4n) is 2.48. The summed E-state index contributed by atoms with van der Waals surface area (Å²) in [5.41, 5.74) is 2.39. The minimum Gasteiger partial charge on any atom is -0.335 e. The van der Waals surface area contributed by atoms with E-state index in [1.807, 2.05) is 24.3 Å². The van der Waals surface area contributed by atoms with Crippen molar-refractivity contribution in [1.82, 2.24) is 20.4 Å². The van der Waals surface area contributed by atoms with Crippen molar-refractivity contribution in [2.24, 2.45) is 0 Å². The number of benzene rings is 1. The summed E-state index contributed by atoms with van der Waals surface area (Å²) in [4.78, 5) is 6.73. The Balaban J connectivity index is 0.00000176. The normalized spacial score (nSPS) is 19.3. The van der Waals surface area contributed by atoms with Crippen molar-refractivity contribution in [3.8, 4) is 0 Å². The monoisotopic (exact) mass is 320 g/mol. The first-order valence-electron chi connectivity index (χ1n) is 7.22. The van der Waals surface area contributed by atoms with Crippen LogP contribution in [0.4, 0.5) is 0 Å². The molecule has 1 unspecified atom stereocenters. The Bertz CT molecular complexity index is 641. The third-order valence-corrected chi connectivity index (χ3v) is 3.86. The Labute approximate surface area is 136 Å². The van der Waals surface area contributed by atoms with Gasteiger partial charge in [0.15, 0.2) is 5.82 Å². The van der Waals surface area contributed by atoms with E-state index in [2.05, 4.69) is 46.5 Å². The molecule has 0 radical (unpaired) electrons. The van der Waals surface area contributed by atoms with Crippen LogP contribution in [0.15, 0.2) is 28.8 Å². The maximum absolute atomic E-state index is 5.33. The minimum atomic E-state index is 0. The molecule has 6 heteroatoms. The lowest BCUT2D eigenvalue weighted by atomic mass is 10.1. The van der Waals surface area contributed by atoms with Crippen LogP contribution in [-0.2, 0) is 0 Å². The second kappa shape index (κ2) is 7.54. The second-order valence-corrected chi connectivity index (χ2v) is 5.38. The zero-order chi connectivity index (χ0) is 14.7. The molecule has 0 amide bonds. The van der Waals surface area contributed by atoms with Gasteiger partial charge < -0.3 is 9.84 Å². The van der Waals surface area contributed by atoms with Gasteiger partial charge >= 0.3 is 0 Å². The lowest BCUT2D eigenvalue weighted by Crippen LogP contribution is -2.44. The first-order chi connectivity index (χ1) is 10.2. The van der Waals surface area contributed by atoms with E-state index in [9.17, 15) is 0 Å². The topological polar surface area (TPSA) is 54.2 Å². The molecular weight excluding hydrogens is 300 g/mol. The first-order valence-corrected chi connectivity index (χ1v) is 7.22. The van der Waals surface area contributed by atoms with Crippen LogP contribution in [0, 0.1) is 6.92 Å². The van der Waals surface area contributed by atoms with Gasteiger partial charge in [-0.3, -0.25) is 4.90 Å². The molecule has 22 heavy (non-hydrogen) atoms. The standard InChI is InChI=1S/C16H20N4O.ClH/c1-12-5-3-4-6-13(12)7-8-15-18-16(19-21-15)14-11-17-9-10-20(14)2;/h3-8,14,17H,9-11H2,1-2H3;1H/b8-7+;. The molecule has 1 aliphatic rings. The highest BCUT2D eigenvalue weighted by Crippen LogP contribution is 2.18. The first kappa shape index (κ1) is 16.7. The summed E-state index contributed by atoms with van der Waals surface area (Å²) < 4.78 is 5.33. The highest BCUT2D eigenvalue weighted by Gasteiger charge is 2.24. The highest BCUT2D eigenvalue weighted by molar-refractivity contribution is 5.85. The maximum atomic E-state index is 5.33. The number of nitrogens with zero attached hydrogens (tertiary/aromatic N) is 3. The molecule has 0 bridgehead atoms. The van der Waals surface area contributed by atoms with Gasteiger partial charge in [0.05, 0.1) is 6.04 Å². The molecule has 1 fully saturated rings. The van der Waals surface area contributed by atoms with Gasteiger partial charge in [-0.25, -0.2) is 0 Å². The second-order valence-electron chi connectivity index (χ2n) is 5.38. The molecule has 118 valence electrons. The zero-order valence-corrected chi connectivity index (χ0v) is 13.6. The molecule has 3 rings (SSSR count). The van der Waals surface area contributed by atoms with Crippen molar-refractivity contribution in [3.63, 3.8) is 0 Å². The van der Waals surface area contributed by atoms with Gasteiger partial charge in [0.1, 0.15) is 0 Å². The molecule has 0 spiro atoms. The molecule has 5 nitrogen and oxygen atoms in total. The number of rotatable bonds is 3. The van der Waals surface area contributed by atoms with Crippen molar-refractivity contribution in [1.29, 1.82) is 0 Å². The van der Waals surface area contributed by atoms with Crippen LogP contribution in [0.1, 0.15) is 28.9 Å². The van der Waals surface area contributed by atoms with E-state index in [1.165, 1.54) is 5.56 Å². The van der Waals surface area contributed by atoms with E-state index in [-0.39, 0.29) is 18.4 Å². The van der Waals surface area contributed by atoms with E-state index in [1.54, 1.807) is 0 Å². The van der Waals surface area contributed by atoms with E-state index in [4.69, 9.17) is 4.52 Å². The number of nitrogens with one attached hydrogen (secondary N) is 1. The van der Waals surface area contributed by atoms with Crippen LogP contribution >= 0.6 is 12.4 Å². The maximum Gasteiger partial charge on any atom is 0.250 e. The summed E-state index contributed by atoms with van der Waals surface area (Å²) in [6, 6.07) is 8.39. The Morgan fingerprint density at radius 2 is 2.14 bits per heavy atom. The molecule has 2 aromatic rings. The van der Waals surface area contributed by atoms with Crippen LogP contribution in [-0.4, -0.2) is 41.7 Å². The fourth-order valence-corrected chi connectivity index (χ4v) is 2.48.